The average Bonchev–Trinajstić information content (AvgIpc) is 3.23. The number of imidazole rings is 1. The second-order valence-electron chi connectivity index (χ2n) is 7.29. The van der Waals surface area contributed by atoms with E-state index in [9.17, 15) is 9.50 Å². The Hall–Kier alpha value is -4.29. The molecule has 0 unspecified atom stereocenters. The van der Waals surface area contributed by atoms with Gasteiger partial charge >= 0.3 is 0 Å². The van der Waals surface area contributed by atoms with E-state index in [0.29, 0.717) is 39.6 Å². The van der Waals surface area contributed by atoms with Crippen molar-refractivity contribution < 1.29 is 24.8 Å². The Morgan fingerprint density at radius 1 is 0.914 bits per heavy atom. The molecular formula is C24H21FN6O4. The average molecular weight is 476 g/mol. The van der Waals surface area contributed by atoms with Gasteiger partial charge in [-0.3, -0.25) is 4.57 Å². The highest BCUT2D eigenvalue weighted by Crippen LogP contribution is 2.31. The molecule has 0 bridgehead atoms. The van der Waals surface area contributed by atoms with Crippen molar-refractivity contribution in [1.82, 2.24) is 24.5 Å². The second kappa shape index (κ2) is 10.3. The van der Waals surface area contributed by atoms with Crippen LogP contribution in [0.1, 0.15) is 5.56 Å². The number of hydrogen-bond acceptors (Lipinski definition) is 9. The minimum atomic E-state index is -2.17. The maximum absolute atomic E-state index is 13.3. The van der Waals surface area contributed by atoms with E-state index in [0.717, 1.165) is 11.3 Å². The molecule has 4 aromatic heterocycles. The Balaban J connectivity index is 0.000000672. The lowest BCUT2D eigenvalue weighted by molar-refractivity contribution is -0.198. The van der Waals surface area contributed by atoms with Gasteiger partial charge in [-0.1, -0.05) is 12.1 Å². The Labute approximate surface area is 198 Å². The maximum atomic E-state index is 13.3. The summed E-state index contributed by atoms with van der Waals surface area (Å²) in [4.78, 5) is 17.5. The number of fused-ring (bicyclic) bond motifs is 1. The van der Waals surface area contributed by atoms with E-state index < -0.39 is 12.4 Å². The summed E-state index contributed by atoms with van der Waals surface area (Å²) in [7, 11) is 0. The number of halogens is 1. The van der Waals surface area contributed by atoms with Crippen molar-refractivity contribution in [3.63, 3.8) is 0 Å². The lowest BCUT2D eigenvalue weighted by atomic mass is 10.2. The van der Waals surface area contributed by atoms with Crippen molar-refractivity contribution in [2.45, 2.75) is 13.1 Å². The van der Waals surface area contributed by atoms with Crippen molar-refractivity contribution in [2.75, 3.05) is 5.73 Å². The lowest BCUT2D eigenvalue weighted by Crippen LogP contribution is -2.02. The summed E-state index contributed by atoms with van der Waals surface area (Å²) in [5, 5.41) is 30.9. The summed E-state index contributed by atoms with van der Waals surface area (Å²) in [6.07, 6.45) is 3.07. The van der Waals surface area contributed by atoms with Crippen LogP contribution in [0.25, 0.3) is 39.5 Å². The highest BCUT2D eigenvalue weighted by Gasteiger charge is 2.18. The van der Waals surface area contributed by atoms with Gasteiger partial charge in [-0.05, 0) is 54.1 Å². The SMILES string of the molecule is Nc1ncccc1-c1nc2ccc(-c3ccc(F)nc3)nc2n1-c1ccc(CO)cc1.OC(O)O. The van der Waals surface area contributed by atoms with Gasteiger partial charge in [0.15, 0.2) is 11.5 Å². The quantitative estimate of drug-likeness (QED) is 0.193. The van der Waals surface area contributed by atoms with Crippen LogP contribution in [0.5, 0.6) is 0 Å². The molecule has 0 atom stereocenters. The number of aliphatic hydroxyl groups is 4. The summed E-state index contributed by atoms with van der Waals surface area (Å²) < 4.78 is 15.1. The zero-order valence-electron chi connectivity index (χ0n) is 18.2. The summed E-state index contributed by atoms with van der Waals surface area (Å²) in [6.45, 7) is -2.21. The molecule has 178 valence electrons. The Morgan fingerprint density at radius 3 is 2.29 bits per heavy atom. The highest BCUT2D eigenvalue weighted by molar-refractivity contribution is 5.84. The van der Waals surface area contributed by atoms with Crippen LogP contribution in [-0.4, -0.2) is 51.4 Å². The fraction of sp³-hybridized carbons (Fsp3) is 0.0833. The first-order chi connectivity index (χ1) is 16.9. The van der Waals surface area contributed by atoms with E-state index >= 15 is 0 Å². The number of aliphatic hydroxyl groups excluding tert-OH is 2. The molecule has 0 fully saturated rings. The number of hydrogen-bond donors (Lipinski definition) is 5. The monoisotopic (exact) mass is 476 g/mol. The van der Waals surface area contributed by atoms with Crippen molar-refractivity contribution in [3.05, 3.63) is 84.6 Å². The minimum absolute atomic E-state index is 0.0483. The van der Waals surface area contributed by atoms with E-state index in [-0.39, 0.29) is 6.61 Å². The van der Waals surface area contributed by atoms with Gasteiger partial charge in [0.1, 0.15) is 11.3 Å². The molecule has 10 nitrogen and oxygen atoms in total. The molecule has 11 heteroatoms. The molecule has 0 spiro atoms. The van der Waals surface area contributed by atoms with Gasteiger partial charge in [-0.2, -0.15) is 4.39 Å². The highest BCUT2D eigenvalue weighted by atomic mass is 19.1. The zero-order chi connectivity index (χ0) is 24.9. The lowest BCUT2D eigenvalue weighted by Gasteiger charge is -2.11. The van der Waals surface area contributed by atoms with Crippen molar-refractivity contribution in [3.8, 4) is 28.3 Å². The van der Waals surface area contributed by atoms with Gasteiger partial charge in [0.05, 0.1) is 17.9 Å². The van der Waals surface area contributed by atoms with Gasteiger partial charge < -0.3 is 26.2 Å². The van der Waals surface area contributed by atoms with Crippen molar-refractivity contribution in [2.24, 2.45) is 0 Å². The summed E-state index contributed by atoms with van der Waals surface area (Å²) in [5.74, 6) is 0.404. The molecule has 5 rings (SSSR count). The molecule has 1 aromatic carbocycles. The molecule has 0 aliphatic carbocycles. The first-order valence-electron chi connectivity index (χ1n) is 10.3. The number of nitrogens with zero attached hydrogens (tertiary/aromatic N) is 5. The molecule has 35 heavy (non-hydrogen) atoms. The Morgan fingerprint density at radius 2 is 1.66 bits per heavy atom. The van der Waals surface area contributed by atoms with Crippen LogP contribution in [-0.2, 0) is 6.61 Å². The normalized spacial score (nSPS) is 10.9. The topological polar surface area (TPSA) is 163 Å². The number of anilines is 1. The predicted molar refractivity (Wildman–Crippen MR) is 126 cm³/mol. The van der Waals surface area contributed by atoms with Crippen LogP contribution < -0.4 is 5.73 Å². The first-order valence-corrected chi connectivity index (χ1v) is 10.3. The molecule has 0 aliphatic heterocycles. The third-order valence-corrected chi connectivity index (χ3v) is 4.98. The summed E-state index contributed by atoms with van der Waals surface area (Å²) in [5.41, 5.74) is 11.0. The van der Waals surface area contributed by atoms with E-state index in [4.69, 9.17) is 31.0 Å². The predicted octanol–water partition coefficient (Wildman–Crippen LogP) is 2.00. The van der Waals surface area contributed by atoms with Gasteiger partial charge in [0.25, 0.3) is 6.48 Å². The molecule has 0 saturated heterocycles. The number of aromatic nitrogens is 5. The molecule has 0 saturated carbocycles. The van der Waals surface area contributed by atoms with Crippen LogP contribution in [0.2, 0.25) is 0 Å². The van der Waals surface area contributed by atoms with Crippen molar-refractivity contribution >= 4 is 17.0 Å². The maximum Gasteiger partial charge on any atom is 0.263 e. The molecular weight excluding hydrogens is 455 g/mol. The van der Waals surface area contributed by atoms with Crippen molar-refractivity contribution in [1.29, 1.82) is 0 Å². The molecule has 0 radical (unpaired) electrons. The van der Waals surface area contributed by atoms with Crippen LogP contribution in [0.4, 0.5) is 10.2 Å². The van der Waals surface area contributed by atoms with Gasteiger partial charge in [0, 0.05) is 23.6 Å². The van der Waals surface area contributed by atoms with Crippen LogP contribution in [0, 0.1) is 5.95 Å². The number of benzene rings is 1. The Bertz CT molecular complexity index is 1440. The molecule has 0 amide bonds. The van der Waals surface area contributed by atoms with Gasteiger partial charge in [-0.15, -0.1) is 0 Å². The smallest absolute Gasteiger partial charge is 0.263 e. The number of rotatable bonds is 4. The Kier molecular flexibility index (Phi) is 7.03. The zero-order valence-corrected chi connectivity index (χ0v) is 18.2. The summed E-state index contributed by atoms with van der Waals surface area (Å²) >= 11 is 0. The van der Waals surface area contributed by atoms with Gasteiger partial charge in [-0.25, -0.2) is 19.9 Å². The van der Waals surface area contributed by atoms with Crippen LogP contribution in [0.15, 0.2) is 73.1 Å². The van der Waals surface area contributed by atoms with E-state index in [1.807, 2.05) is 47.0 Å². The van der Waals surface area contributed by atoms with E-state index in [1.54, 1.807) is 18.3 Å². The molecule has 6 N–H and O–H groups in total. The fourth-order valence-electron chi connectivity index (χ4n) is 3.43. The number of nitrogens with two attached hydrogens (primary N) is 1. The molecule has 4 heterocycles. The fourth-order valence-corrected chi connectivity index (χ4v) is 3.43. The summed E-state index contributed by atoms with van der Waals surface area (Å²) in [6, 6.07) is 17.7. The largest absolute Gasteiger partial charge is 0.392 e. The third kappa shape index (κ3) is 5.28. The van der Waals surface area contributed by atoms with E-state index in [2.05, 4.69) is 9.97 Å². The van der Waals surface area contributed by atoms with E-state index in [1.165, 1.54) is 12.3 Å². The second-order valence-corrected chi connectivity index (χ2v) is 7.29. The first kappa shape index (κ1) is 23.9. The van der Waals surface area contributed by atoms with Crippen LogP contribution >= 0.6 is 0 Å². The standard InChI is InChI=1S/C23H17FN6O.CH4O3/c24-20-10-5-15(12-27-20)18-8-9-19-23(28-18)30(16-6-3-14(13-31)4-7-16)22(29-19)17-2-1-11-26-21(17)25;2-1(3)4/h1-12,31H,13H2,(H2,25,26);1-4H. The molecule has 0 aliphatic rings. The molecule has 5 aromatic rings. The number of pyridine rings is 3. The number of nitrogen functional groups attached to an aromatic ring is 1. The third-order valence-electron chi connectivity index (χ3n) is 4.98. The minimum Gasteiger partial charge on any atom is -0.392 e. The van der Waals surface area contributed by atoms with Crippen LogP contribution in [0.3, 0.4) is 0 Å². The van der Waals surface area contributed by atoms with Gasteiger partial charge in [0.2, 0.25) is 5.95 Å².